The lowest BCUT2D eigenvalue weighted by atomic mass is 10.2. The average molecular weight is 214 g/mol. The third-order valence-corrected chi connectivity index (χ3v) is 2.29. The van der Waals surface area contributed by atoms with E-state index in [9.17, 15) is 0 Å². The summed E-state index contributed by atoms with van der Waals surface area (Å²) in [5, 5.41) is 3.84. The number of nitrogens with one attached hydrogen (secondary N) is 1. The van der Waals surface area contributed by atoms with Crippen LogP contribution in [0.5, 0.6) is 0 Å². The zero-order valence-corrected chi connectivity index (χ0v) is 9.09. The Hall–Kier alpha value is -0.800. The smallest absolute Gasteiger partial charge is 0.0820 e. The summed E-state index contributed by atoms with van der Waals surface area (Å²) >= 11 is 5.92. The van der Waals surface area contributed by atoms with Crippen LogP contribution in [0.4, 0.5) is 5.69 Å². The zero-order valence-electron chi connectivity index (χ0n) is 8.33. The van der Waals surface area contributed by atoms with Gasteiger partial charge in [0.05, 0.1) is 10.7 Å². The van der Waals surface area contributed by atoms with Crippen molar-refractivity contribution in [2.45, 2.75) is 25.8 Å². The van der Waals surface area contributed by atoms with Crippen LogP contribution in [-0.2, 0) is 0 Å². The van der Waals surface area contributed by atoms with Gasteiger partial charge in [-0.2, -0.15) is 0 Å². The molecule has 0 aliphatic rings. The number of nitrogens with two attached hydrogens (primary N) is 1. The van der Waals surface area contributed by atoms with Gasteiger partial charge in [-0.1, -0.05) is 24.9 Å². The van der Waals surface area contributed by atoms with Gasteiger partial charge in [-0.05, 0) is 12.5 Å². The average Bonchev–Trinajstić information content (AvgIpc) is 2.17. The molecule has 0 fully saturated rings. The summed E-state index contributed by atoms with van der Waals surface area (Å²) in [7, 11) is 0. The van der Waals surface area contributed by atoms with Gasteiger partial charge < -0.3 is 11.1 Å². The van der Waals surface area contributed by atoms with Gasteiger partial charge in [-0.15, -0.1) is 0 Å². The Labute approximate surface area is 89.7 Å². The van der Waals surface area contributed by atoms with E-state index in [-0.39, 0.29) is 6.04 Å². The van der Waals surface area contributed by atoms with Crippen molar-refractivity contribution in [3.05, 3.63) is 23.5 Å². The van der Waals surface area contributed by atoms with Crippen LogP contribution < -0.4 is 11.1 Å². The summed E-state index contributed by atoms with van der Waals surface area (Å²) in [4.78, 5) is 3.91. The molecule has 14 heavy (non-hydrogen) atoms. The molecule has 0 aliphatic carbocycles. The highest BCUT2D eigenvalue weighted by molar-refractivity contribution is 6.33. The molecule has 0 spiro atoms. The molecule has 4 heteroatoms. The molecule has 0 bridgehead atoms. The lowest BCUT2D eigenvalue weighted by molar-refractivity contribution is 0.627. The first-order valence-corrected chi connectivity index (χ1v) is 5.20. The molecule has 0 amide bonds. The van der Waals surface area contributed by atoms with Crippen LogP contribution in [0.3, 0.4) is 0 Å². The molecule has 3 N–H and O–H groups in total. The molecule has 0 aromatic carbocycles. The van der Waals surface area contributed by atoms with Gasteiger partial charge in [0.1, 0.15) is 0 Å². The molecule has 1 aromatic heterocycles. The van der Waals surface area contributed by atoms with Gasteiger partial charge in [0, 0.05) is 25.0 Å². The first-order valence-electron chi connectivity index (χ1n) is 4.83. The minimum absolute atomic E-state index is 0.184. The van der Waals surface area contributed by atoms with E-state index in [4.69, 9.17) is 17.3 Å². The summed E-state index contributed by atoms with van der Waals surface area (Å²) in [6, 6.07) is 2.03. The van der Waals surface area contributed by atoms with Crippen molar-refractivity contribution < 1.29 is 0 Å². The molecule has 0 saturated carbocycles. The van der Waals surface area contributed by atoms with Gasteiger partial charge in [-0.3, -0.25) is 4.98 Å². The van der Waals surface area contributed by atoms with Crippen molar-refractivity contribution in [1.29, 1.82) is 0 Å². The monoisotopic (exact) mass is 213 g/mol. The van der Waals surface area contributed by atoms with Crippen LogP contribution in [0.25, 0.3) is 0 Å². The number of hydrogen-bond acceptors (Lipinski definition) is 3. The van der Waals surface area contributed by atoms with E-state index in [0.29, 0.717) is 5.02 Å². The number of halogens is 1. The third kappa shape index (κ3) is 3.52. The van der Waals surface area contributed by atoms with Crippen molar-refractivity contribution in [1.82, 2.24) is 4.98 Å². The number of nitrogens with zero attached hydrogens (tertiary/aromatic N) is 1. The minimum atomic E-state index is 0.184. The lowest BCUT2D eigenvalue weighted by Gasteiger charge is -2.13. The van der Waals surface area contributed by atoms with E-state index in [2.05, 4.69) is 17.2 Å². The SMILES string of the molecule is CCCC(N)CNc1ccncc1Cl. The number of hydrogen-bond donors (Lipinski definition) is 2. The Bertz CT molecular complexity index is 278. The Kier molecular flexibility index (Phi) is 4.70. The zero-order chi connectivity index (χ0) is 10.4. The van der Waals surface area contributed by atoms with Crippen LogP contribution in [0.1, 0.15) is 19.8 Å². The predicted molar refractivity (Wildman–Crippen MR) is 60.6 cm³/mol. The van der Waals surface area contributed by atoms with Crippen LogP contribution in [0, 0.1) is 0 Å². The van der Waals surface area contributed by atoms with Crippen molar-refractivity contribution in [2.24, 2.45) is 5.73 Å². The molecule has 0 aliphatic heterocycles. The second-order valence-corrected chi connectivity index (χ2v) is 3.69. The fraction of sp³-hybridized carbons (Fsp3) is 0.500. The molecule has 1 aromatic rings. The molecular weight excluding hydrogens is 198 g/mol. The Balaban J connectivity index is 2.41. The minimum Gasteiger partial charge on any atom is -0.382 e. The fourth-order valence-electron chi connectivity index (χ4n) is 1.23. The van der Waals surface area contributed by atoms with E-state index >= 15 is 0 Å². The maximum Gasteiger partial charge on any atom is 0.0820 e. The highest BCUT2D eigenvalue weighted by Crippen LogP contribution is 2.18. The van der Waals surface area contributed by atoms with E-state index in [1.807, 2.05) is 6.07 Å². The summed E-state index contributed by atoms with van der Waals surface area (Å²) in [5.41, 5.74) is 6.76. The molecular formula is C10H16ClN3. The van der Waals surface area contributed by atoms with Crippen molar-refractivity contribution >= 4 is 17.3 Å². The molecule has 78 valence electrons. The topological polar surface area (TPSA) is 50.9 Å². The van der Waals surface area contributed by atoms with Gasteiger partial charge in [0.2, 0.25) is 0 Å². The van der Waals surface area contributed by atoms with E-state index in [1.54, 1.807) is 12.4 Å². The van der Waals surface area contributed by atoms with Gasteiger partial charge in [0.15, 0.2) is 0 Å². The fourth-order valence-corrected chi connectivity index (χ4v) is 1.42. The summed E-state index contributed by atoms with van der Waals surface area (Å²) in [6.45, 7) is 2.87. The lowest BCUT2D eigenvalue weighted by Crippen LogP contribution is -2.28. The maximum atomic E-state index is 5.92. The van der Waals surface area contributed by atoms with Crippen LogP contribution in [0.15, 0.2) is 18.5 Å². The standard InChI is InChI=1S/C10H16ClN3/c1-2-3-8(12)6-14-10-4-5-13-7-9(10)11/h4-5,7-8H,2-3,6,12H2,1H3,(H,13,14). The number of anilines is 1. The maximum absolute atomic E-state index is 5.92. The predicted octanol–water partition coefficient (Wildman–Crippen LogP) is 2.27. The molecule has 1 unspecified atom stereocenters. The molecule has 0 radical (unpaired) electrons. The first-order chi connectivity index (χ1) is 6.74. The van der Waals surface area contributed by atoms with E-state index in [0.717, 1.165) is 25.1 Å². The van der Waals surface area contributed by atoms with Gasteiger partial charge in [0.25, 0.3) is 0 Å². The van der Waals surface area contributed by atoms with Crippen molar-refractivity contribution in [2.75, 3.05) is 11.9 Å². The number of aromatic nitrogens is 1. The third-order valence-electron chi connectivity index (χ3n) is 1.99. The summed E-state index contributed by atoms with van der Waals surface area (Å²) in [6.07, 6.45) is 5.46. The summed E-state index contributed by atoms with van der Waals surface area (Å²) in [5.74, 6) is 0. The van der Waals surface area contributed by atoms with Gasteiger partial charge in [-0.25, -0.2) is 0 Å². The second kappa shape index (κ2) is 5.83. The van der Waals surface area contributed by atoms with Crippen LogP contribution >= 0.6 is 11.6 Å². The second-order valence-electron chi connectivity index (χ2n) is 3.29. The molecule has 1 atom stereocenters. The first kappa shape index (κ1) is 11.3. The summed E-state index contributed by atoms with van der Waals surface area (Å²) < 4.78 is 0. The van der Waals surface area contributed by atoms with Crippen molar-refractivity contribution in [3.8, 4) is 0 Å². The van der Waals surface area contributed by atoms with Crippen LogP contribution in [0.2, 0.25) is 5.02 Å². The van der Waals surface area contributed by atoms with E-state index in [1.165, 1.54) is 0 Å². The highest BCUT2D eigenvalue weighted by atomic mass is 35.5. The Morgan fingerprint density at radius 3 is 3.07 bits per heavy atom. The van der Waals surface area contributed by atoms with Crippen LogP contribution in [-0.4, -0.2) is 17.6 Å². The molecule has 3 nitrogen and oxygen atoms in total. The Morgan fingerprint density at radius 2 is 2.43 bits per heavy atom. The highest BCUT2D eigenvalue weighted by Gasteiger charge is 2.02. The normalized spacial score (nSPS) is 12.5. The largest absolute Gasteiger partial charge is 0.382 e. The van der Waals surface area contributed by atoms with Gasteiger partial charge >= 0.3 is 0 Å². The molecule has 1 heterocycles. The molecule has 0 saturated heterocycles. The number of rotatable bonds is 5. The van der Waals surface area contributed by atoms with E-state index < -0.39 is 0 Å². The quantitative estimate of drug-likeness (QED) is 0.789. The Morgan fingerprint density at radius 1 is 1.64 bits per heavy atom. The van der Waals surface area contributed by atoms with Crippen molar-refractivity contribution in [3.63, 3.8) is 0 Å². The number of pyridine rings is 1. The molecule has 1 rings (SSSR count).